The highest BCUT2D eigenvalue weighted by atomic mass is 16.5. The van der Waals surface area contributed by atoms with E-state index in [0.29, 0.717) is 18.8 Å². The lowest BCUT2D eigenvalue weighted by atomic mass is 9.90. The van der Waals surface area contributed by atoms with E-state index in [1.54, 1.807) is 0 Å². The van der Waals surface area contributed by atoms with Crippen molar-refractivity contribution in [1.29, 1.82) is 0 Å². The van der Waals surface area contributed by atoms with Crippen molar-refractivity contribution < 1.29 is 14.6 Å². The number of carboxylic acids is 1. The van der Waals surface area contributed by atoms with Crippen LogP contribution in [0.1, 0.15) is 34.8 Å². The van der Waals surface area contributed by atoms with E-state index in [4.69, 9.17) is 21.3 Å². The Hall–Kier alpha value is -1.89. The van der Waals surface area contributed by atoms with E-state index in [2.05, 4.69) is 9.97 Å². The van der Waals surface area contributed by atoms with Crippen molar-refractivity contribution >= 4 is 17.7 Å². The minimum absolute atomic E-state index is 0.0236. The second-order valence-electron chi connectivity index (χ2n) is 3.92. The number of nitrogens with two attached hydrogens (primary N) is 2. The van der Waals surface area contributed by atoms with Crippen LogP contribution in [0.15, 0.2) is 0 Å². The van der Waals surface area contributed by atoms with Crippen LogP contribution in [0.4, 0.5) is 11.8 Å². The molecule has 0 amide bonds. The van der Waals surface area contributed by atoms with Gasteiger partial charge in [0, 0.05) is 18.8 Å². The van der Waals surface area contributed by atoms with Crippen molar-refractivity contribution in [2.24, 2.45) is 0 Å². The highest BCUT2D eigenvalue weighted by Crippen LogP contribution is 2.32. The molecule has 1 fully saturated rings. The quantitative estimate of drug-likeness (QED) is 0.673. The van der Waals surface area contributed by atoms with Gasteiger partial charge in [-0.25, -0.2) is 9.78 Å². The standard InChI is InChI=1S/C10H14N4O3/c11-8-6(5-1-3-17-4-2-5)7(9(15)16)13-10(12)14-8/h5H,1-4H2,(H,15,16)(H4,11,12,13,14). The maximum Gasteiger partial charge on any atom is 0.355 e. The van der Waals surface area contributed by atoms with Gasteiger partial charge in [0.25, 0.3) is 0 Å². The lowest BCUT2D eigenvalue weighted by Crippen LogP contribution is -2.21. The summed E-state index contributed by atoms with van der Waals surface area (Å²) < 4.78 is 5.23. The number of hydrogen-bond donors (Lipinski definition) is 3. The monoisotopic (exact) mass is 238 g/mol. The molecule has 1 aromatic rings. The average Bonchev–Trinajstić information content (AvgIpc) is 2.29. The molecule has 7 nitrogen and oxygen atoms in total. The third-order valence-electron chi connectivity index (χ3n) is 2.82. The van der Waals surface area contributed by atoms with Crippen molar-refractivity contribution in [2.45, 2.75) is 18.8 Å². The summed E-state index contributed by atoms with van der Waals surface area (Å²) in [5.41, 5.74) is 11.5. The minimum atomic E-state index is -1.13. The molecule has 17 heavy (non-hydrogen) atoms. The Labute approximate surface area is 97.8 Å². The third kappa shape index (κ3) is 2.28. The first kappa shape index (κ1) is 11.6. The van der Waals surface area contributed by atoms with Crippen molar-refractivity contribution in [3.63, 3.8) is 0 Å². The molecule has 2 rings (SSSR count). The summed E-state index contributed by atoms with van der Waals surface area (Å²) >= 11 is 0. The Balaban J connectivity index is 2.46. The molecule has 0 unspecified atom stereocenters. The molecule has 7 heteroatoms. The average molecular weight is 238 g/mol. The molecule has 0 aromatic carbocycles. The molecule has 2 heterocycles. The number of aromatic carboxylic acids is 1. The largest absolute Gasteiger partial charge is 0.476 e. The molecule has 0 saturated carbocycles. The SMILES string of the molecule is Nc1nc(N)c(C2CCOCC2)c(C(=O)O)n1. The number of aromatic nitrogens is 2. The van der Waals surface area contributed by atoms with Crippen molar-refractivity contribution in [2.75, 3.05) is 24.7 Å². The molecule has 0 bridgehead atoms. The molecule has 0 aliphatic carbocycles. The fourth-order valence-electron chi connectivity index (χ4n) is 2.06. The van der Waals surface area contributed by atoms with Crippen LogP contribution in [0.5, 0.6) is 0 Å². The molecule has 92 valence electrons. The first-order chi connectivity index (χ1) is 8.09. The summed E-state index contributed by atoms with van der Waals surface area (Å²) in [4.78, 5) is 18.7. The minimum Gasteiger partial charge on any atom is -0.476 e. The van der Waals surface area contributed by atoms with E-state index in [1.165, 1.54) is 0 Å². The Morgan fingerprint density at radius 3 is 2.53 bits per heavy atom. The molecule has 1 aromatic heterocycles. The van der Waals surface area contributed by atoms with Crippen LogP contribution in [0.3, 0.4) is 0 Å². The fourth-order valence-corrected chi connectivity index (χ4v) is 2.06. The van der Waals surface area contributed by atoms with Crippen LogP contribution in [0.2, 0.25) is 0 Å². The highest BCUT2D eigenvalue weighted by molar-refractivity contribution is 5.89. The van der Waals surface area contributed by atoms with Gasteiger partial charge in [0.15, 0.2) is 5.69 Å². The predicted octanol–water partition coefficient (Wildman–Crippen LogP) is 0.233. The Morgan fingerprint density at radius 2 is 1.94 bits per heavy atom. The van der Waals surface area contributed by atoms with Gasteiger partial charge in [0.1, 0.15) is 5.82 Å². The van der Waals surface area contributed by atoms with E-state index in [9.17, 15) is 4.79 Å². The molecule has 0 spiro atoms. The van der Waals surface area contributed by atoms with Gasteiger partial charge in [-0.1, -0.05) is 0 Å². The second-order valence-corrected chi connectivity index (χ2v) is 3.92. The predicted molar refractivity (Wildman–Crippen MR) is 60.6 cm³/mol. The molecule has 0 atom stereocenters. The summed E-state index contributed by atoms with van der Waals surface area (Å²) in [6.45, 7) is 1.18. The number of rotatable bonds is 2. The van der Waals surface area contributed by atoms with Crippen LogP contribution in [0, 0.1) is 0 Å². The van der Waals surface area contributed by atoms with Crippen molar-refractivity contribution in [3.05, 3.63) is 11.3 Å². The van der Waals surface area contributed by atoms with E-state index in [1.807, 2.05) is 0 Å². The van der Waals surface area contributed by atoms with Gasteiger partial charge in [0.05, 0.1) is 0 Å². The lowest BCUT2D eigenvalue weighted by Gasteiger charge is -2.24. The first-order valence-corrected chi connectivity index (χ1v) is 5.33. The van der Waals surface area contributed by atoms with Gasteiger partial charge in [-0.15, -0.1) is 0 Å². The summed E-state index contributed by atoms with van der Waals surface area (Å²) in [7, 11) is 0. The van der Waals surface area contributed by atoms with Gasteiger partial charge in [0.2, 0.25) is 5.95 Å². The van der Waals surface area contributed by atoms with Crippen molar-refractivity contribution in [1.82, 2.24) is 9.97 Å². The normalized spacial score (nSPS) is 16.9. The third-order valence-corrected chi connectivity index (χ3v) is 2.82. The van der Waals surface area contributed by atoms with Gasteiger partial charge < -0.3 is 21.3 Å². The van der Waals surface area contributed by atoms with Crippen LogP contribution < -0.4 is 11.5 Å². The number of ether oxygens (including phenoxy) is 1. The topological polar surface area (TPSA) is 124 Å². The summed E-state index contributed by atoms with van der Waals surface area (Å²) in [5.74, 6) is -1.07. The molecule has 1 aliphatic rings. The van der Waals surface area contributed by atoms with Gasteiger partial charge >= 0.3 is 5.97 Å². The molecular weight excluding hydrogens is 224 g/mol. The van der Waals surface area contributed by atoms with E-state index < -0.39 is 5.97 Å². The summed E-state index contributed by atoms with van der Waals surface area (Å²) in [6, 6.07) is 0. The summed E-state index contributed by atoms with van der Waals surface area (Å²) in [5, 5.41) is 9.11. The highest BCUT2D eigenvalue weighted by Gasteiger charge is 2.26. The summed E-state index contributed by atoms with van der Waals surface area (Å²) in [6.07, 6.45) is 1.44. The lowest BCUT2D eigenvalue weighted by molar-refractivity contribution is 0.0678. The maximum absolute atomic E-state index is 11.1. The number of anilines is 2. The van der Waals surface area contributed by atoms with E-state index in [0.717, 1.165) is 12.8 Å². The number of nitrogen functional groups attached to an aromatic ring is 2. The molecular formula is C10H14N4O3. The Bertz CT molecular complexity index is 443. The van der Waals surface area contributed by atoms with Crippen LogP contribution >= 0.6 is 0 Å². The van der Waals surface area contributed by atoms with Crippen LogP contribution in [-0.2, 0) is 4.74 Å². The fraction of sp³-hybridized carbons (Fsp3) is 0.500. The van der Waals surface area contributed by atoms with Gasteiger partial charge in [-0.05, 0) is 18.8 Å². The van der Waals surface area contributed by atoms with Gasteiger partial charge in [-0.2, -0.15) is 4.98 Å². The Morgan fingerprint density at radius 1 is 1.29 bits per heavy atom. The first-order valence-electron chi connectivity index (χ1n) is 5.33. The number of carboxylic acid groups (broad SMARTS) is 1. The van der Waals surface area contributed by atoms with Gasteiger partial charge in [-0.3, -0.25) is 0 Å². The molecule has 1 aliphatic heterocycles. The van der Waals surface area contributed by atoms with Crippen molar-refractivity contribution in [3.8, 4) is 0 Å². The van der Waals surface area contributed by atoms with E-state index in [-0.39, 0.29) is 23.4 Å². The number of carbonyl (C=O) groups is 1. The zero-order valence-electron chi connectivity index (χ0n) is 9.22. The second kappa shape index (κ2) is 4.54. The zero-order chi connectivity index (χ0) is 12.4. The molecule has 0 radical (unpaired) electrons. The maximum atomic E-state index is 11.1. The number of nitrogens with zero attached hydrogens (tertiary/aromatic N) is 2. The van der Waals surface area contributed by atoms with Crippen LogP contribution in [-0.4, -0.2) is 34.3 Å². The smallest absolute Gasteiger partial charge is 0.355 e. The Kier molecular flexibility index (Phi) is 3.10. The molecule has 5 N–H and O–H groups in total. The number of hydrogen-bond acceptors (Lipinski definition) is 6. The zero-order valence-corrected chi connectivity index (χ0v) is 9.22. The van der Waals surface area contributed by atoms with E-state index >= 15 is 0 Å². The van der Waals surface area contributed by atoms with Crippen LogP contribution in [0.25, 0.3) is 0 Å². The molecule has 1 saturated heterocycles.